The number of hydrogen-bond donors (Lipinski definition) is 3. The van der Waals surface area contributed by atoms with Gasteiger partial charge in [0.25, 0.3) is 5.91 Å². The molecule has 2 atom stereocenters. The molecule has 0 aliphatic carbocycles. The van der Waals surface area contributed by atoms with E-state index in [1.807, 2.05) is 30.3 Å². The smallest absolute Gasteiger partial charge is 0.312 e. The van der Waals surface area contributed by atoms with Crippen LogP contribution in [0.2, 0.25) is 5.02 Å². The minimum absolute atomic E-state index is 0.180. The molecule has 0 aliphatic rings. The Balaban J connectivity index is 1.90. The Hall–Kier alpha value is -3.06. The number of urea groups is 1. The van der Waals surface area contributed by atoms with Crippen LogP contribution >= 0.6 is 11.6 Å². The van der Waals surface area contributed by atoms with Gasteiger partial charge >= 0.3 is 12.0 Å². The Morgan fingerprint density at radius 2 is 1.71 bits per heavy atom. The third-order valence-corrected chi connectivity index (χ3v) is 4.20. The second-order valence-electron chi connectivity index (χ2n) is 6.15. The number of amides is 3. The number of primary amides is 1. The summed E-state index contributed by atoms with van der Waals surface area (Å²) in [7, 11) is 0. The third kappa shape index (κ3) is 6.92. The van der Waals surface area contributed by atoms with Crippen molar-refractivity contribution < 1.29 is 19.1 Å². The fourth-order valence-corrected chi connectivity index (χ4v) is 2.64. The van der Waals surface area contributed by atoms with Gasteiger partial charge in [-0.05, 0) is 30.2 Å². The Labute approximate surface area is 168 Å². The number of carbonyl (C=O) groups excluding carboxylic acids is 3. The first-order valence-electron chi connectivity index (χ1n) is 8.67. The maximum Gasteiger partial charge on any atom is 0.312 e. The number of carbonyl (C=O) groups is 3. The molecule has 8 heteroatoms. The van der Waals surface area contributed by atoms with Gasteiger partial charge in [0.05, 0.1) is 12.5 Å². The first kappa shape index (κ1) is 21.2. The highest BCUT2D eigenvalue weighted by Crippen LogP contribution is 2.20. The van der Waals surface area contributed by atoms with E-state index in [0.29, 0.717) is 17.1 Å². The molecule has 0 spiro atoms. The molecule has 2 rings (SSSR count). The average Bonchev–Trinajstić information content (AvgIpc) is 2.66. The third-order valence-electron chi connectivity index (χ3n) is 3.95. The lowest BCUT2D eigenvalue weighted by molar-refractivity contribution is -0.155. The maximum absolute atomic E-state index is 12.2. The van der Waals surface area contributed by atoms with E-state index >= 15 is 0 Å². The summed E-state index contributed by atoms with van der Waals surface area (Å²) < 4.78 is 5.19. The van der Waals surface area contributed by atoms with Crippen molar-refractivity contribution in [1.29, 1.82) is 0 Å². The van der Waals surface area contributed by atoms with Gasteiger partial charge in [0.2, 0.25) is 0 Å². The Morgan fingerprint density at radius 3 is 2.32 bits per heavy atom. The lowest BCUT2D eigenvalue weighted by Crippen LogP contribution is -2.37. The van der Waals surface area contributed by atoms with Crippen LogP contribution in [0.15, 0.2) is 54.6 Å². The fraction of sp³-hybridized carbons (Fsp3) is 0.250. The van der Waals surface area contributed by atoms with Gasteiger partial charge in [0.1, 0.15) is 0 Å². The van der Waals surface area contributed by atoms with Crippen LogP contribution in [-0.2, 0) is 20.9 Å². The van der Waals surface area contributed by atoms with E-state index in [9.17, 15) is 14.4 Å². The minimum Gasteiger partial charge on any atom is -0.452 e. The number of halogens is 1. The standard InChI is InChI=1S/C20H22ClN3O4/c1-13(19(26)23-12-14-5-3-2-4-6-14)28-18(25)11-17(24-20(22)27)15-7-9-16(21)10-8-15/h2-10,13,17H,11-12H2,1H3,(H,23,26)(H3,22,24,27)/t13-,17-/m0/s1. The summed E-state index contributed by atoms with van der Waals surface area (Å²) in [6.07, 6.45) is -1.16. The predicted octanol–water partition coefficient (Wildman–Crippen LogP) is 2.69. The van der Waals surface area contributed by atoms with Crippen molar-refractivity contribution in [2.75, 3.05) is 0 Å². The van der Waals surface area contributed by atoms with Crippen LogP contribution < -0.4 is 16.4 Å². The van der Waals surface area contributed by atoms with Crippen LogP contribution in [0.5, 0.6) is 0 Å². The molecule has 7 nitrogen and oxygen atoms in total. The maximum atomic E-state index is 12.2. The highest BCUT2D eigenvalue weighted by Gasteiger charge is 2.22. The zero-order valence-corrected chi connectivity index (χ0v) is 16.1. The second kappa shape index (κ2) is 10.3. The van der Waals surface area contributed by atoms with Gasteiger partial charge in [-0.2, -0.15) is 0 Å². The molecular weight excluding hydrogens is 382 g/mol. The van der Waals surface area contributed by atoms with E-state index in [4.69, 9.17) is 22.1 Å². The second-order valence-corrected chi connectivity index (χ2v) is 6.59. The molecule has 0 saturated carbocycles. The molecule has 28 heavy (non-hydrogen) atoms. The van der Waals surface area contributed by atoms with Gasteiger partial charge in [-0.3, -0.25) is 9.59 Å². The first-order valence-corrected chi connectivity index (χ1v) is 9.05. The summed E-state index contributed by atoms with van der Waals surface area (Å²) in [5, 5.41) is 5.72. The molecule has 0 aromatic heterocycles. The van der Waals surface area contributed by atoms with E-state index in [0.717, 1.165) is 5.56 Å². The molecule has 0 radical (unpaired) electrons. The normalized spacial score (nSPS) is 12.5. The molecule has 0 bridgehead atoms. The van der Waals surface area contributed by atoms with E-state index in [1.165, 1.54) is 6.92 Å². The summed E-state index contributed by atoms with van der Waals surface area (Å²) in [6, 6.07) is 14.5. The van der Waals surface area contributed by atoms with Crippen molar-refractivity contribution in [3.63, 3.8) is 0 Å². The summed E-state index contributed by atoms with van der Waals surface area (Å²) in [6.45, 7) is 1.81. The number of hydrogen-bond acceptors (Lipinski definition) is 4. The highest BCUT2D eigenvalue weighted by molar-refractivity contribution is 6.30. The molecule has 148 valence electrons. The van der Waals surface area contributed by atoms with Crippen molar-refractivity contribution >= 4 is 29.5 Å². The van der Waals surface area contributed by atoms with Crippen LogP contribution in [0.4, 0.5) is 4.79 Å². The zero-order chi connectivity index (χ0) is 20.5. The van der Waals surface area contributed by atoms with Gasteiger partial charge in [-0.1, -0.05) is 54.1 Å². The number of ether oxygens (including phenoxy) is 1. The van der Waals surface area contributed by atoms with Gasteiger partial charge < -0.3 is 21.1 Å². The molecule has 0 aliphatic heterocycles. The molecule has 2 aromatic carbocycles. The van der Waals surface area contributed by atoms with Gasteiger partial charge in [0, 0.05) is 11.6 Å². The lowest BCUT2D eigenvalue weighted by Gasteiger charge is -2.19. The van der Waals surface area contributed by atoms with E-state index in [1.54, 1.807) is 24.3 Å². The van der Waals surface area contributed by atoms with Crippen molar-refractivity contribution in [2.24, 2.45) is 5.73 Å². The number of rotatable bonds is 8. The number of nitrogens with one attached hydrogen (secondary N) is 2. The van der Waals surface area contributed by atoms with Crippen LogP contribution in [0.3, 0.4) is 0 Å². The molecule has 0 unspecified atom stereocenters. The highest BCUT2D eigenvalue weighted by atomic mass is 35.5. The van der Waals surface area contributed by atoms with Crippen molar-refractivity contribution in [1.82, 2.24) is 10.6 Å². The Kier molecular flexibility index (Phi) is 7.83. The first-order chi connectivity index (χ1) is 13.3. The fourth-order valence-electron chi connectivity index (χ4n) is 2.51. The van der Waals surface area contributed by atoms with Gasteiger partial charge in [-0.25, -0.2) is 4.79 Å². The Bertz CT molecular complexity index is 812. The quantitative estimate of drug-likeness (QED) is 0.588. The number of nitrogens with two attached hydrogens (primary N) is 1. The molecule has 0 fully saturated rings. The Morgan fingerprint density at radius 1 is 1.07 bits per heavy atom. The number of esters is 1. The lowest BCUT2D eigenvalue weighted by atomic mass is 10.0. The summed E-state index contributed by atoms with van der Waals surface area (Å²) in [5.74, 6) is -1.06. The molecule has 0 saturated heterocycles. The molecule has 4 N–H and O–H groups in total. The van der Waals surface area contributed by atoms with Crippen molar-refractivity contribution in [3.05, 3.63) is 70.7 Å². The van der Waals surface area contributed by atoms with Crippen LogP contribution in [-0.4, -0.2) is 24.0 Å². The van der Waals surface area contributed by atoms with Gasteiger partial charge in [-0.15, -0.1) is 0 Å². The largest absolute Gasteiger partial charge is 0.452 e. The zero-order valence-electron chi connectivity index (χ0n) is 15.4. The SMILES string of the molecule is C[C@H](OC(=O)C[C@H](NC(N)=O)c1ccc(Cl)cc1)C(=O)NCc1ccccc1. The van der Waals surface area contributed by atoms with Crippen molar-refractivity contribution in [2.45, 2.75) is 32.0 Å². The van der Waals surface area contributed by atoms with Crippen LogP contribution in [0.1, 0.15) is 30.5 Å². The molecule has 0 heterocycles. The predicted molar refractivity (Wildman–Crippen MR) is 105 cm³/mol. The number of benzene rings is 2. The van der Waals surface area contributed by atoms with E-state index in [2.05, 4.69) is 10.6 Å². The summed E-state index contributed by atoms with van der Waals surface area (Å²) in [5.41, 5.74) is 6.76. The van der Waals surface area contributed by atoms with E-state index < -0.39 is 30.1 Å². The van der Waals surface area contributed by atoms with Crippen molar-refractivity contribution in [3.8, 4) is 0 Å². The minimum atomic E-state index is -0.976. The van der Waals surface area contributed by atoms with Crippen LogP contribution in [0, 0.1) is 0 Å². The monoisotopic (exact) mass is 403 g/mol. The van der Waals surface area contributed by atoms with E-state index in [-0.39, 0.29) is 6.42 Å². The summed E-state index contributed by atoms with van der Waals surface area (Å²) >= 11 is 5.86. The van der Waals surface area contributed by atoms with Crippen LogP contribution in [0.25, 0.3) is 0 Å². The van der Waals surface area contributed by atoms with Gasteiger partial charge in [0.15, 0.2) is 6.10 Å². The molecular formula is C20H22ClN3O4. The average molecular weight is 404 g/mol. The molecule has 2 aromatic rings. The topological polar surface area (TPSA) is 111 Å². The summed E-state index contributed by atoms with van der Waals surface area (Å²) in [4.78, 5) is 35.6. The molecule has 3 amide bonds.